The van der Waals surface area contributed by atoms with E-state index < -0.39 is 0 Å². The molecule has 4 aromatic rings. The first kappa shape index (κ1) is 24.7. The summed E-state index contributed by atoms with van der Waals surface area (Å²) in [5, 5.41) is 2.99. The lowest BCUT2D eigenvalue weighted by Crippen LogP contribution is -2.35. The first-order chi connectivity index (χ1) is 17.6. The van der Waals surface area contributed by atoms with E-state index in [1.807, 2.05) is 65.4 Å². The molecule has 0 radical (unpaired) electrons. The van der Waals surface area contributed by atoms with Crippen LogP contribution in [-0.2, 0) is 13.1 Å². The van der Waals surface area contributed by atoms with Crippen molar-refractivity contribution >= 4 is 11.7 Å². The Labute approximate surface area is 211 Å². The number of amides is 2. The fraction of sp³-hybridized carbons (Fsp3) is 0.214. The van der Waals surface area contributed by atoms with Crippen molar-refractivity contribution in [2.45, 2.75) is 19.5 Å². The molecule has 0 saturated heterocycles. The molecule has 1 N–H and O–H groups in total. The van der Waals surface area contributed by atoms with Gasteiger partial charge in [-0.25, -0.2) is 9.78 Å². The van der Waals surface area contributed by atoms with Crippen LogP contribution in [0.3, 0.4) is 0 Å². The van der Waals surface area contributed by atoms with E-state index in [0.29, 0.717) is 36.0 Å². The van der Waals surface area contributed by atoms with Crippen molar-refractivity contribution in [2.75, 3.05) is 26.1 Å². The summed E-state index contributed by atoms with van der Waals surface area (Å²) in [5.74, 6) is 2.65. The molecular formula is C28H30N4O4. The standard InChI is InChI=1S/C28H30N4O4/c1-34-24-12-13-26(27(19-24)35-2)30-28(33)32(16-7-15-31-17-14-29-21-31)20-22-8-6-11-25(18-22)36-23-9-4-3-5-10-23/h3-6,8-14,17-19,21H,7,15-16,20H2,1-2H3,(H,30,33). The van der Waals surface area contributed by atoms with Gasteiger partial charge in [-0.05, 0) is 48.4 Å². The molecule has 0 aliphatic heterocycles. The number of hydrogen-bond donors (Lipinski definition) is 1. The molecule has 1 aromatic heterocycles. The van der Waals surface area contributed by atoms with Crippen LogP contribution in [0.15, 0.2) is 91.5 Å². The zero-order chi connectivity index (χ0) is 25.2. The van der Waals surface area contributed by atoms with E-state index in [9.17, 15) is 4.79 Å². The molecule has 8 heteroatoms. The zero-order valence-electron chi connectivity index (χ0n) is 20.5. The van der Waals surface area contributed by atoms with Crippen LogP contribution >= 0.6 is 0 Å². The van der Waals surface area contributed by atoms with E-state index in [-0.39, 0.29) is 6.03 Å². The highest BCUT2D eigenvalue weighted by atomic mass is 16.5. The smallest absolute Gasteiger partial charge is 0.322 e. The van der Waals surface area contributed by atoms with Crippen LogP contribution in [0.5, 0.6) is 23.0 Å². The van der Waals surface area contributed by atoms with E-state index in [4.69, 9.17) is 14.2 Å². The monoisotopic (exact) mass is 486 g/mol. The number of rotatable bonds is 11. The van der Waals surface area contributed by atoms with Gasteiger partial charge in [0.15, 0.2) is 0 Å². The van der Waals surface area contributed by atoms with E-state index in [1.165, 1.54) is 0 Å². The zero-order valence-corrected chi connectivity index (χ0v) is 20.5. The number of urea groups is 1. The minimum absolute atomic E-state index is 0.224. The Balaban J connectivity index is 1.49. The fourth-order valence-corrected chi connectivity index (χ4v) is 3.76. The highest BCUT2D eigenvalue weighted by molar-refractivity contribution is 5.91. The van der Waals surface area contributed by atoms with Crippen molar-refractivity contribution in [3.05, 3.63) is 97.1 Å². The van der Waals surface area contributed by atoms with Gasteiger partial charge in [0.05, 0.1) is 26.2 Å². The Kier molecular flexibility index (Phi) is 8.43. The highest BCUT2D eigenvalue weighted by Crippen LogP contribution is 2.29. The van der Waals surface area contributed by atoms with Gasteiger partial charge in [0, 0.05) is 38.1 Å². The number of imidazole rings is 1. The van der Waals surface area contributed by atoms with Gasteiger partial charge < -0.3 is 29.0 Å². The molecule has 0 aliphatic rings. The maximum Gasteiger partial charge on any atom is 0.322 e. The van der Waals surface area contributed by atoms with E-state index in [1.54, 1.807) is 49.8 Å². The van der Waals surface area contributed by atoms with Gasteiger partial charge in [0.2, 0.25) is 0 Å². The summed E-state index contributed by atoms with van der Waals surface area (Å²) >= 11 is 0. The summed E-state index contributed by atoms with van der Waals surface area (Å²) in [6.45, 7) is 1.72. The Morgan fingerprint density at radius 2 is 1.78 bits per heavy atom. The topological polar surface area (TPSA) is 77.9 Å². The lowest BCUT2D eigenvalue weighted by molar-refractivity contribution is 0.207. The lowest BCUT2D eigenvalue weighted by Gasteiger charge is -2.24. The molecule has 0 saturated carbocycles. The first-order valence-corrected chi connectivity index (χ1v) is 11.7. The number of ether oxygens (including phenoxy) is 3. The number of carbonyl (C=O) groups is 1. The average Bonchev–Trinajstić information content (AvgIpc) is 3.43. The van der Waals surface area contributed by atoms with Gasteiger partial charge in [-0.3, -0.25) is 0 Å². The second-order valence-corrected chi connectivity index (χ2v) is 8.13. The molecule has 186 valence electrons. The number of nitrogens with one attached hydrogen (secondary N) is 1. The van der Waals surface area contributed by atoms with Crippen LogP contribution in [0.25, 0.3) is 0 Å². The highest BCUT2D eigenvalue weighted by Gasteiger charge is 2.17. The van der Waals surface area contributed by atoms with Crippen molar-refractivity contribution in [3.63, 3.8) is 0 Å². The van der Waals surface area contributed by atoms with Crippen molar-refractivity contribution < 1.29 is 19.0 Å². The molecular weight excluding hydrogens is 456 g/mol. The van der Waals surface area contributed by atoms with E-state index in [0.717, 1.165) is 24.3 Å². The van der Waals surface area contributed by atoms with Crippen LogP contribution in [-0.4, -0.2) is 41.2 Å². The van der Waals surface area contributed by atoms with Crippen molar-refractivity contribution in [2.24, 2.45) is 0 Å². The molecule has 0 bridgehead atoms. The predicted octanol–water partition coefficient (Wildman–Crippen LogP) is 5.82. The third kappa shape index (κ3) is 6.79. The lowest BCUT2D eigenvalue weighted by atomic mass is 10.2. The predicted molar refractivity (Wildman–Crippen MR) is 139 cm³/mol. The fourth-order valence-electron chi connectivity index (χ4n) is 3.76. The number of aromatic nitrogens is 2. The normalized spacial score (nSPS) is 10.5. The Bertz CT molecular complexity index is 1250. The number of anilines is 1. The third-order valence-electron chi connectivity index (χ3n) is 5.59. The van der Waals surface area contributed by atoms with Crippen LogP contribution in [0.4, 0.5) is 10.5 Å². The number of aryl methyl sites for hydroxylation is 1. The molecule has 2 amide bonds. The second-order valence-electron chi connectivity index (χ2n) is 8.13. The van der Waals surface area contributed by atoms with Crippen molar-refractivity contribution in [1.29, 1.82) is 0 Å². The minimum Gasteiger partial charge on any atom is -0.497 e. The molecule has 3 aromatic carbocycles. The number of methoxy groups -OCH3 is 2. The summed E-state index contributed by atoms with van der Waals surface area (Å²) in [7, 11) is 3.15. The van der Waals surface area contributed by atoms with Crippen molar-refractivity contribution in [1.82, 2.24) is 14.5 Å². The van der Waals surface area contributed by atoms with Crippen molar-refractivity contribution in [3.8, 4) is 23.0 Å². The summed E-state index contributed by atoms with van der Waals surface area (Å²) in [4.78, 5) is 19.3. The van der Waals surface area contributed by atoms with Crippen LogP contribution in [0.1, 0.15) is 12.0 Å². The molecule has 8 nitrogen and oxygen atoms in total. The molecule has 0 unspecified atom stereocenters. The summed E-state index contributed by atoms with van der Waals surface area (Å²) < 4.78 is 18.7. The van der Waals surface area contributed by atoms with E-state index >= 15 is 0 Å². The van der Waals surface area contributed by atoms with Crippen LogP contribution in [0.2, 0.25) is 0 Å². The number of benzene rings is 3. The number of hydrogen-bond acceptors (Lipinski definition) is 5. The van der Waals surface area contributed by atoms with Gasteiger partial charge in [0.1, 0.15) is 23.0 Å². The molecule has 0 aliphatic carbocycles. The molecule has 4 rings (SSSR count). The van der Waals surface area contributed by atoms with E-state index in [2.05, 4.69) is 10.3 Å². The van der Waals surface area contributed by atoms with Crippen LogP contribution in [0, 0.1) is 0 Å². The van der Waals surface area contributed by atoms with Gasteiger partial charge >= 0.3 is 6.03 Å². The first-order valence-electron chi connectivity index (χ1n) is 11.7. The molecule has 0 atom stereocenters. The molecule has 0 fully saturated rings. The molecule has 1 heterocycles. The molecule has 0 spiro atoms. The summed E-state index contributed by atoms with van der Waals surface area (Å²) in [6, 6.07) is 22.5. The van der Waals surface area contributed by atoms with Gasteiger partial charge in [-0.1, -0.05) is 30.3 Å². The summed E-state index contributed by atoms with van der Waals surface area (Å²) in [6.07, 6.45) is 6.20. The van der Waals surface area contributed by atoms with Gasteiger partial charge in [0.25, 0.3) is 0 Å². The number of nitrogens with zero attached hydrogens (tertiary/aromatic N) is 3. The second kappa shape index (κ2) is 12.3. The maximum atomic E-state index is 13.4. The number of carbonyl (C=O) groups excluding carboxylic acids is 1. The van der Waals surface area contributed by atoms with Gasteiger partial charge in [-0.15, -0.1) is 0 Å². The van der Waals surface area contributed by atoms with Gasteiger partial charge in [-0.2, -0.15) is 0 Å². The largest absolute Gasteiger partial charge is 0.497 e. The average molecular weight is 487 g/mol. The Hall–Kier alpha value is -4.46. The third-order valence-corrected chi connectivity index (χ3v) is 5.59. The quantitative estimate of drug-likeness (QED) is 0.289. The molecule has 36 heavy (non-hydrogen) atoms. The Morgan fingerprint density at radius 3 is 2.53 bits per heavy atom. The number of para-hydroxylation sites is 1. The minimum atomic E-state index is -0.224. The van der Waals surface area contributed by atoms with Crippen LogP contribution < -0.4 is 19.5 Å². The maximum absolute atomic E-state index is 13.4. The Morgan fingerprint density at radius 1 is 0.944 bits per heavy atom. The summed E-state index contributed by atoms with van der Waals surface area (Å²) in [5.41, 5.74) is 1.53. The SMILES string of the molecule is COc1ccc(NC(=O)N(CCCn2ccnc2)Cc2cccc(Oc3ccccc3)c2)c(OC)c1.